The molecule has 0 radical (unpaired) electrons. The molecule has 7 heteroatoms. The molecule has 0 bridgehead atoms. The summed E-state index contributed by atoms with van der Waals surface area (Å²) in [5.74, 6) is 0.296. The lowest BCUT2D eigenvalue weighted by Gasteiger charge is -2.09. The number of benzene rings is 1. The fourth-order valence-electron chi connectivity index (χ4n) is 2.10. The van der Waals surface area contributed by atoms with Crippen LogP contribution in [0.2, 0.25) is 0 Å². The van der Waals surface area contributed by atoms with E-state index in [9.17, 15) is 13.2 Å². The Bertz CT molecular complexity index is 563. The summed E-state index contributed by atoms with van der Waals surface area (Å²) >= 11 is 0. The largest absolute Gasteiger partial charge is 0.381 e. The highest BCUT2D eigenvalue weighted by Crippen LogP contribution is 2.15. The topological polar surface area (TPSA) is 98.5 Å². The van der Waals surface area contributed by atoms with E-state index in [1.165, 1.54) is 24.3 Å². The van der Waals surface area contributed by atoms with Crippen molar-refractivity contribution in [1.82, 2.24) is 5.32 Å². The van der Waals surface area contributed by atoms with Crippen molar-refractivity contribution in [3.8, 4) is 0 Å². The average Bonchev–Trinajstić information content (AvgIpc) is 2.91. The van der Waals surface area contributed by atoms with Gasteiger partial charge in [-0.25, -0.2) is 13.6 Å². The first-order valence-corrected chi connectivity index (χ1v) is 8.00. The highest BCUT2D eigenvalue weighted by Gasteiger charge is 2.15. The second-order valence-electron chi connectivity index (χ2n) is 4.84. The lowest BCUT2D eigenvalue weighted by atomic mass is 10.1. The maximum atomic E-state index is 11.9. The molecule has 0 aromatic heterocycles. The Morgan fingerprint density at radius 1 is 1.35 bits per heavy atom. The SMILES string of the molecule is NS(=O)(=O)c1ccc(C(=O)NCCC2CCOC2)cc1. The van der Waals surface area contributed by atoms with Gasteiger partial charge in [0.15, 0.2) is 0 Å². The zero-order valence-electron chi connectivity index (χ0n) is 11.0. The molecule has 3 N–H and O–H groups in total. The second-order valence-corrected chi connectivity index (χ2v) is 6.41. The molecule has 0 saturated carbocycles. The molecule has 2 rings (SSSR count). The fourth-order valence-corrected chi connectivity index (χ4v) is 2.61. The highest BCUT2D eigenvalue weighted by atomic mass is 32.2. The van der Waals surface area contributed by atoms with Crippen LogP contribution in [-0.2, 0) is 14.8 Å². The summed E-state index contributed by atoms with van der Waals surface area (Å²) in [6.07, 6.45) is 1.93. The highest BCUT2D eigenvalue weighted by molar-refractivity contribution is 7.89. The van der Waals surface area contributed by atoms with Gasteiger partial charge in [-0.2, -0.15) is 0 Å². The molecule has 1 atom stereocenters. The van der Waals surface area contributed by atoms with Crippen molar-refractivity contribution in [3.63, 3.8) is 0 Å². The van der Waals surface area contributed by atoms with E-state index in [2.05, 4.69) is 5.32 Å². The maximum absolute atomic E-state index is 11.9. The van der Waals surface area contributed by atoms with Crippen LogP contribution in [0.5, 0.6) is 0 Å². The van der Waals surface area contributed by atoms with Crippen LogP contribution in [0.15, 0.2) is 29.2 Å². The molecule has 20 heavy (non-hydrogen) atoms. The zero-order valence-corrected chi connectivity index (χ0v) is 11.9. The van der Waals surface area contributed by atoms with E-state index in [1.807, 2.05) is 0 Å². The van der Waals surface area contributed by atoms with Crippen LogP contribution in [0.4, 0.5) is 0 Å². The average molecular weight is 298 g/mol. The molecule has 1 aromatic rings. The fraction of sp³-hybridized carbons (Fsp3) is 0.462. The monoisotopic (exact) mass is 298 g/mol. The number of sulfonamides is 1. The maximum Gasteiger partial charge on any atom is 0.251 e. The van der Waals surface area contributed by atoms with Crippen LogP contribution in [0.3, 0.4) is 0 Å². The molecule has 1 aliphatic rings. The summed E-state index contributed by atoms with van der Waals surface area (Å²) in [7, 11) is -3.72. The second kappa shape index (κ2) is 6.34. The van der Waals surface area contributed by atoms with Crippen LogP contribution >= 0.6 is 0 Å². The third-order valence-electron chi connectivity index (χ3n) is 3.31. The Kier molecular flexibility index (Phi) is 4.74. The first-order chi connectivity index (χ1) is 9.47. The van der Waals surface area contributed by atoms with Crippen molar-refractivity contribution in [2.24, 2.45) is 11.1 Å². The summed E-state index contributed by atoms with van der Waals surface area (Å²) in [6, 6.07) is 5.56. The predicted octanol–water partition coefficient (Wildman–Crippen LogP) is 0.490. The molecule has 6 nitrogen and oxygen atoms in total. The first-order valence-electron chi connectivity index (χ1n) is 6.45. The van der Waals surface area contributed by atoms with Crippen LogP contribution in [-0.4, -0.2) is 34.1 Å². The normalized spacial score (nSPS) is 18.9. The van der Waals surface area contributed by atoms with Gasteiger partial charge in [0, 0.05) is 25.3 Å². The number of primary sulfonamides is 1. The summed E-state index contributed by atoms with van der Waals surface area (Å²) in [5.41, 5.74) is 0.417. The van der Waals surface area contributed by atoms with Gasteiger partial charge in [0.25, 0.3) is 5.91 Å². The molecule has 1 aromatic carbocycles. The molecule has 1 fully saturated rings. The van der Waals surface area contributed by atoms with Crippen LogP contribution in [0, 0.1) is 5.92 Å². The van der Waals surface area contributed by atoms with Crippen molar-refractivity contribution in [2.75, 3.05) is 19.8 Å². The molecule has 1 amide bonds. The molecule has 1 saturated heterocycles. The van der Waals surface area contributed by atoms with E-state index in [0.717, 1.165) is 26.1 Å². The standard InChI is InChI=1S/C13H18N2O4S/c14-20(17,18)12-3-1-11(2-4-12)13(16)15-7-5-10-6-8-19-9-10/h1-4,10H,5-9H2,(H,15,16)(H2,14,17,18). The van der Waals surface area contributed by atoms with E-state index >= 15 is 0 Å². The van der Waals surface area contributed by atoms with Gasteiger partial charge in [-0.3, -0.25) is 4.79 Å². The van der Waals surface area contributed by atoms with Crippen molar-refractivity contribution >= 4 is 15.9 Å². The van der Waals surface area contributed by atoms with Gasteiger partial charge < -0.3 is 10.1 Å². The van der Waals surface area contributed by atoms with Crippen molar-refractivity contribution in [3.05, 3.63) is 29.8 Å². The van der Waals surface area contributed by atoms with Crippen molar-refractivity contribution in [1.29, 1.82) is 0 Å². The van der Waals surface area contributed by atoms with Crippen molar-refractivity contribution < 1.29 is 17.9 Å². The minimum absolute atomic E-state index is 0.00263. The number of carbonyl (C=O) groups excluding carboxylic acids is 1. The number of nitrogens with two attached hydrogens (primary N) is 1. The Morgan fingerprint density at radius 2 is 2.05 bits per heavy atom. The smallest absolute Gasteiger partial charge is 0.251 e. The minimum Gasteiger partial charge on any atom is -0.381 e. The third kappa shape index (κ3) is 4.03. The van der Waals surface area contributed by atoms with Crippen molar-refractivity contribution in [2.45, 2.75) is 17.7 Å². The van der Waals surface area contributed by atoms with Gasteiger partial charge in [-0.1, -0.05) is 0 Å². The van der Waals surface area contributed by atoms with E-state index in [0.29, 0.717) is 18.0 Å². The van der Waals surface area contributed by atoms with Gasteiger partial charge in [0.1, 0.15) is 0 Å². The Hall–Kier alpha value is -1.44. The number of carbonyl (C=O) groups is 1. The van der Waals surface area contributed by atoms with E-state index in [1.54, 1.807) is 0 Å². The molecule has 0 spiro atoms. The molecular weight excluding hydrogens is 280 g/mol. The number of nitrogens with one attached hydrogen (secondary N) is 1. The molecule has 1 heterocycles. The minimum atomic E-state index is -3.72. The van der Waals surface area contributed by atoms with E-state index < -0.39 is 10.0 Å². The Balaban J connectivity index is 1.85. The molecule has 1 aliphatic heterocycles. The first kappa shape index (κ1) is 15.0. The summed E-state index contributed by atoms with van der Waals surface area (Å²) in [6.45, 7) is 2.15. The number of hydrogen-bond acceptors (Lipinski definition) is 4. The van der Waals surface area contributed by atoms with Gasteiger partial charge in [-0.05, 0) is 43.0 Å². The number of ether oxygens (including phenoxy) is 1. The van der Waals surface area contributed by atoms with Gasteiger partial charge in [-0.15, -0.1) is 0 Å². The number of amides is 1. The number of hydrogen-bond donors (Lipinski definition) is 2. The third-order valence-corrected chi connectivity index (χ3v) is 4.24. The summed E-state index contributed by atoms with van der Waals surface area (Å²) < 4.78 is 27.5. The summed E-state index contributed by atoms with van der Waals surface area (Å²) in [5, 5.41) is 7.80. The van der Waals surface area contributed by atoms with Gasteiger partial charge in [0.05, 0.1) is 4.90 Å². The molecule has 1 unspecified atom stereocenters. The molecule has 110 valence electrons. The van der Waals surface area contributed by atoms with E-state index in [4.69, 9.17) is 9.88 Å². The lowest BCUT2D eigenvalue weighted by Crippen LogP contribution is -2.26. The molecule has 0 aliphatic carbocycles. The van der Waals surface area contributed by atoms with Crippen LogP contribution in [0.1, 0.15) is 23.2 Å². The van der Waals surface area contributed by atoms with E-state index in [-0.39, 0.29) is 10.8 Å². The van der Waals surface area contributed by atoms with Gasteiger partial charge >= 0.3 is 0 Å². The zero-order chi connectivity index (χ0) is 14.6. The summed E-state index contributed by atoms with van der Waals surface area (Å²) in [4.78, 5) is 11.9. The lowest BCUT2D eigenvalue weighted by molar-refractivity contribution is 0.0950. The number of rotatable bonds is 5. The Morgan fingerprint density at radius 3 is 2.60 bits per heavy atom. The predicted molar refractivity (Wildman–Crippen MR) is 73.7 cm³/mol. The molecular formula is C13H18N2O4S. The Labute approximate surface area is 118 Å². The van der Waals surface area contributed by atoms with Gasteiger partial charge in [0.2, 0.25) is 10.0 Å². The quantitative estimate of drug-likeness (QED) is 0.826. The van der Waals surface area contributed by atoms with Crippen LogP contribution in [0.25, 0.3) is 0 Å². The van der Waals surface area contributed by atoms with Crippen LogP contribution < -0.4 is 10.5 Å².